The average Bonchev–Trinajstić information content (AvgIpc) is 2.23. The summed E-state index contributed by atoms with van der Waals surface area (Å²) in [5, 5.41) is 0. The Morgan fingerprint density at radius 2 is 2.07 bits per heavy atom. The summed E-state index contributed by atoms with van der Waals surface area (Å²) in [7, 11) is 2.14. The van der Waals surface area contributed by atoms with Gasteiger partial charge in [0, 0.05) is 38.1 Å². The summed E-state index contributed by atoms with van der Waals surface area (Å²) in [6.45, 7) is 5.17. The number of anilines is 2. The number of piperazine rings is 1. The van der Waals surface area contributed by atoms with Gasteiger partial charge in [0.2, 0.25) is 0 Å². The second-order valence-electron chi connectivity index (χ2n) is 4.04. The molecule has 0 amide bonds. The largest absolute Gasteiger partial charge is 0.381 e. The van der Waals surface area contributed by atoms with Gasteiger partial charge in [-0.2, -0.15) is 0 Å². The maximum atomic E-state index is 5.80. The Kier molecular flexibility index (Phi) is 2.73. The Morgan fingerprint density at radius 1 is 1.33 bits per heavy atom. The second-order valence-corrected chi connectivity index (χ2v) is 4.04. The standard InChI is InChI=1S/C10H17N5/c1-8-7-15(6-5-14(8)2)10-9(11)12-3-4-13-10/h3-4,8H,5-7H2,1-2H3,(H2,11,12). The van der Waals surface area contributed by atoms with Crippen LogP contribution in [0.15, 0.2) is 12.4 Å². The number of rotatable bonds is 1. The van der Waals surface area contributed by atoms with E-state index in [4.69, 9.17) is 5.73 Å². The molecule has 0 bridgehead atoms. The van der Waals surface area contributed by atoms with E-state index in [9.17, 15) is 0 Å². The van der Waals surface area contributed by atoms with Crippen LogP contribution in [0, 0.1) is 0 Å². The van der Waals surface area contributed by atoms with Crippen LogP contribution in [-0.2, 0) is 0 Å². The van der Waals surface area contributed by atoms with Gasteiger partial charge in [-0.1, -0.05) is 0 Å². The lowest BCUT2D eigenvalue weighted by molar-refractivity contribution is 0.233. The molecule has 1 aromatic heterocycles. The number of nitrogen functional groups attached to an aromatic ring is 1. The fourth-order valence-corrected chi connectivity index (χ4v) is 1.83. The molecule has 0 aliphatic carbocycles. The summed E-state index contributed by atoms with van der Waals surface area (Å²) in [5.74, 6) is 1.34. The normalized spacial score (nSPS) is 23.1. The molecule has 2 rings (SSSR count). The third kappa shape index (κ3) is 2.02. The Bertz CT molecular complexity index is 340. The van der Waals surface area contributed by atoms with E-state index in [1.54, 1.807) is 12.4 Å². The predicted molar refractivity (Wildman–Crippen MR) is 60.7 cm³/mol. The molecule has 0 saturated carbocycles. The molecule has 5 nitrogen and oxygen atoms in total. The highest BCUT2D eigenvalue weighted by molar-refractivity contribution is 5.57. The molecule has 0 spiro atoms. The molecule has 1 unspecified atom stereocenters. The topological polar surface area (TPSA) is 58.3 Å². The van der Waals surface area contributed by atoms with Crippen LogP contribution in [0.1, 0.15) is 6.92 Å². The molecule has 1 aliphatic rings. The lowest BCUT2D eigenvalue weighted by Crippen LogP contribution is -2.50. The first kappa shape index (κ1) is 10.2. The van der Waals surface area contributed by atoms with E-state index < -0.39 is 0 Å². The Balaban J connectivity index is 2.15. The summed E-state index contributed by atoms with van der Waals surface area (Å²) in [5.41, 5.74) is 5.80. The van der Waals surface area contributed by atoms with Crippen molar-refractivity contribution in [3.8, 4) is 0 Å². The maximum Gasteiger partial charge on any atom is 0.171 e. The van der Waals surface area contributed by atoms with Crippen LogP contribution in [0.3, 0.4) is 0 Å². The number of hydrogen-bond acceptors (Lipinski definition) is 5. The van der Waals surface area contributed by atoms with Gasteiger partial charge in [-0.3, -0.25) is 0 Å². The van der Waals surface area contributed by atoms with Crippen molar-refractivity contribution in [1.29, 1.82) is 0 Å². The van der Waals surface area contributed by atoms with E-state index >= 15 is 0 Å². The van der Waals surface area contributed by atoms with Crippen molar-refractivity contribution in [3.63, 3.8) is 0 Å². The van der Waals surface area contributed by atoms with Gasteiger partial charge in [-0.05, 0) is 14.0 Å². The predicted octanol–water partition coefficient (Wildman–Crippen LogP) is 0.199. The van der Waals surface area contributed by atoms with Gasteiger partial charge in [0.1, 0.15) is 0 Å². The first-order chi connectivity index (χ1) is 7.18. The van der Waals surface area contributed by atoms with Crippen LogP contribution in [0.2, 0.25) is 0 Å². The summed E-state index contributed by atoms with van der Waals surface area (Å²) >= 11 is 0. The Labute approximate surface area is 89.9 Å². The van der Waals surface area contributed by atoms with Crippen LogP contribution < -0.4 is 10.6 Å². The van der Waals surface area contributed by atoms with Crippen molar-refractivity contribution in [2.75, 3.05) is 37.3 Å². The number of hydrogen-bond donors (Lipinski definition) is 1. The van der Waals surface area contributed by atoms with Crippen molar-refractivity contribution in [2.45, 2.75) is 13.0 Å². The van der Waals surface area contributed by atoms with Gasteiger partial charge in [-0.15, -0.1) is 0 Å². The summed E-state index contributed by atoms with van der Waals surface area (Å²) < 4.78 is 0. The number of nitrogens with zero attached hydrogens (tertiary/aromatic N) is 4. The maximum absolute atomic E-state index is 5.80. The van der Waals surface area contributed by atoms with E-state index in [0.717, 1.165) is 25.5 Å². The minimum absolute atomic E-state index is 0.522. The molecule has 2 heterocycles. The first-order valence-electron chi connectivity index (χ1n) is 5.20. The third-order valence-electron chi connectivity index (χ3n) is 2.97. The molecule has 1 saturated heterocycles. The molecule has 0 aromatic carbocycles. The monoisotopic (exact) mass is 207 g/mol. The van der Waals surface area contributed by atoms with Crippen molar-refractivity contribution < 1.29 is 0 Å². The highest BCUT2D eigenvalue weighted by Gasteiger charge is 2.22. The molecule has 1 aliphatic heterocycles. The van der Waals surface area contributed by atoms with Gasteiger partial charge in [0.05, 0.1) is 0 Å². The first-order valence-corrected chi connectivity index (χ1v) is 5.20. The van der Waals surface area contributed by atoms with E-state index in [2.05, 4.69) is 33.7 Å². The quantitative estimate of drug-likeness (QED) is 0.713. The van der Waals surface area contributed by atoms with Crippen LogP contribution in [0.5, 0.6) is 0 Å². The van der Waals surface area contributed by atoms with Crippen LogP contribution in [-0.4, -0.2) is 47.6 Å². The molecule has 1 fully saturated rings. The number of likely N-dealkylation sites (N-methyl/N-ethyl adjacent to an activating group) is 1. The van der Waals surface area contributed by atoms with Crippen molar-refractivity contribution >= 4 is 11.6 Å². The fraction of sp³-hybridized carbons (Fsp3) is 0.600. The molecule has 1 atom stereocenters. The van der Waals surface area contributed by atoms with E-state index in [1.165, 1.54) is 0 Å². The van der Waals surface area contributed by atoms with Crippen LogP contribution in [0.25, 0.3) is 0 Å². The zero-order valence-corrected chi connectivity index (χ0v) is 9.22. The lowest BCUT2D eigenvalue weighted by Gasteiger charge is -2.38. The third-order valence-corrected chi connectivity index (χ3v) is 2.97. The minimum Gasteiger partial charge on any atom is -0.381 e. The molecular formula is C10H17N5. The number of aromatic nitrogens is 2. The molecule has 82 valence electrons. The van der Waals surface area contributed by atoms with Crippen LogP contribution in [0.4, 0.5) is 11.6 Å². The SMILES string of the molecule is CC1CN(c2nccnc2N)CCN1C. The molecular weight excluding hydrogens is 190 g/mol. The van der Waals surface area contributed by atoms with Gasteiger partial charge in [0.25, 0.3) is 0 Å². The Hall–Kier alpha value is -1.36. The summed E-state index contributed by atoms with van der Waals surface area (Å²) in [4.78, 5) is 12.9. The average molecular weight is 207 g/mol. The van der Waals surface area contributed by atoms with Gasteiger partial charge >= 0.3 is 0 Å². The molecule has 15 heavy (non-hydrogen) atoms. The summed E-state index contributed by atoms with van der Waals surface area (Å²) in [6, 6.07) is 0.528. The molecule has 2 N–H and O–H groups in total. The zero-order valence-electron chi connectivity index (χ0n) is 9.22. The highest BCUT2D eigenvalue weighted by Crippen LogP contribution is 2.19. The van der Waals surface area contributed by atoms with Crippen molar-refractivity contribution in [1.82, 2.24) is 14.9 Å². The molecule has 5 heteroatoms. The van der Waals surface area contributed by atoms with E-state index in [1.807, 2.05) is 0 Å². The van der Waals surface area contributed by atoms with Crippen molar-refractivity contribution in [2.24, 2.45) is 0 Å². The molecule has 1 aromatic rings. The van der Waals surface area contributed by atoms with E-state index in [-0.39, 0.29) is 0 Å². The van der Waals surface area contributed by atoms with Crippen LogP contribution >= 0.6 is 0 Å². The number of nitrogens with two attached hydrogens (primary N) is 1. The smallest absolute Gasteiger partial charge is 0.171 e. The fourth-order valence-electron chi connectivity index (χ4n) is 1.83. The van der Waals surface area contributed by atoms with Crippen molar-refractivity contribution in [3.05, 3.63) is 12.4 Å². The Morgan fingerprint density at radius 3 is 2.73 bits per heavy atom. The van der Waals surface area contributed by atoms with Gasteiger partial charge < -0.3 is 15.5 Å². The zero-order chi connectivity index (χ0) is 10.8. The second kappa shape index (κ2) is 4.02. The minimum atomic E-state index is 0.522. The highest BCUT2D eigenvalue weighted by atomic mass is 15.3. The summed E-state index contributed by atoms with van der Waals surface area (Å²) in [6.07, 6.45) is 3.31. The molecule has 0 radical (unpaired) electrons. The lowest BCUT2D eigenvalue weighted by atomic mass is 10.2. The van der Waals surface area contributed by atoms with Gasteiger partial charge in [-0.25, -0.2) is 9.97 Å². The van der Waals surface area contributed by atoms with E-state index in [0.29, 0.717) is 11.9 Å². The van der Waals surface area contributed by atoms with Gasteiger partial charge in [0.15, 0.2) is 11.6 Å².